The Hall–Kier alpha value is -8.36. The van der Waals surface area contributed by atoms with Crippen molar-refractivity contribution in [3.63, 3.8) is 0 Å². The molecule has 2 aliphatic rings. The van der Waals surface area contributed by atoms with Crippen molar-refractivity contribution < 1.29 is 18.9 Å². The average Bonchev–Trinajstić information content (AvgIpc) is 4.12. The Kier molecular flexibility index (Phi) is 10.1. The molecule has 4 aromatic carbocycles. The van der Waals surface area contributed by atoms with Crippen molar-refractivity contribution in [1.29, 1.82) is 0 Å². The van der Waals surface area contributed by atoms with Gasteiger partial charge in [-0.15, -0.1) is 0 Å². The van der Waals surface area contributed by atoms with E-state index in [2.05, 4.69) is 84.9 Å². The van der Waals surface area contributed by atoms with Crippen LogP contribution in [0.3, 0.4) is 0 Å². The fourth-order valence-corrected chi connectivity index (χ4v) is 7.61. The van der Waals surface area contributed by atoms with Gasteiger partial charge in [0.1, 0.15) is 23.0 Å². The van der Waals surface area contributed by atoms with E-state index >= 15 is 0 Å². The van der Waals surface area contributed by atoms with E-state index in [-0.39, 0.29) is 0 Å². The SMILES string of the molecule is C=COc1ccc(-c2c3nc(c(-c4ccc(OC=C)cc4)c4ccc([nH]4)c(-c4ccc(OC=C)cc4)c4nc(c(-c5ccc(OC=C)cc5)c5ccc2[nH]5)C=C4)C=C3)cc1. The van der Waals surface area contributed by atoms with Gasteiger partial charge < -0.3 is 28.9 Å². The molecule has 0 fully saturated rings. The molecular weight excluding hydrogens is 745 g/mol. The molecule has 0 unspecified atom stereocenters. The first kappa shape index (κ1) is 37.2. The number of nitrogens with one attached hydrogen (secondary N) is 2. The van der Waals surface area contributed by atoms with Crippen LogP contribution in [0, 0.1) is 0 Å². The Morgan fingerprint density at radius 2 is 0.533 bits per heavy atom. The summed E-state index contributed by atoms with van der Waals surface area (Å²) in [6.45, 7) is 14.9. The van der Waals surface area contributed by atoms with Gasteiger partial charge in [-0.25, -0.2) is 9.97 Å². The van der Waals surface area contributed by atoms with Crippen LogP contribution >= 0.6 is 0 Å². The van der Waals surface area contributed by atoms with Crippen molar-refractivity contribution >= 4 is 46.4 Å². The zero-order chi connectivity index (χ0) is 41.0. The van der Waals surface area contributed by atoms with E-state index in [0.717, 1.165) is 89.4 Å². The first-order valence-corrected chi connectivity index (χ1v) is 19.2. The van der Waals surface area contributed by atoms with Crippen LogP contribution in [0.1, 0.15) is 22.8 Å². The molecule has 0 amide bonds. The smallest absolute Gasteiger partial charge is 0.126 e. The molecule has 2 aliphatic heterocycles. The highest BCUT2D eigenvalue weighted by molar-refractivity contribution is 6.00. The molecule has 0 atom stereocenters. The highest BCUT2D eigenvalue weighted by atomic mass is 16.5. The van der Waals surface area contributed by atoms with Crippen LogP contribution in [0.15, 0.2) is 173 Å². The molecule has 7 aromatic rings. The zero-order valence-electron chi connectivity index (χ0n) is 32.5. The summed E-state index contributed by atoms with van der Waals surface area (Å²) in [5, 5.41) is 0. The van der Waals surface area contributed by atoms with Gasteiger partial charge in [0, 0.05) is 44.3 Å². The normalized spacial score (nSPS) is 11.5. The summed E-state index contributed by atoms with van der Waals surface area (Å²) in [7, 11) is 0. The summed E-state index contributed by atoms with van der Waals surface area (Å²) in [4.78, 5) is 18.3. The fourth-order valence-electron chi connectivity index (χ4n) is 7.61. The summed E-state index contributed by atoms with van der Waals surface area (Å²) >= 11 is 0. The molecule has 0 saturated heterocycles. The summed E-state index contributed by atoms with van der Waals surface area (Å²) in [6.07, 6.45) is 13.9. The van der Waals surface area contributed by atoms with Gasteiger partial charge >= 0.3 is 0 Å². The van der Waals surface area contributed by atoms with Gasteiger partial charge in [0.05, 0.1) is 47.8 Å². The maximum atomic E-state index is 5.59. The highest BCUT2D eigenvalue weighted by Gasteiger charge is 2.19. The summed E-state index contributed by atoms with van der Waals surface area (Å²) in [6, 6.07) is 40.0. The van der Waals surface area contributed by atoms with Crippen LogP contribution in [0.2, 0.25) is 0 Å². The minimum atomic E-state index is 0.683. The van der Waals surface area contributed by atoms with Crippen LogP contribution in [-0.4, -0.2) is 19.9 Å². The quantitative estimate of drug-likeness (QED) is 0.120. The maximum Gasteiger partial charge on any atom is 0.126 e. The van der Waals surface area contributed by atoms with Gasteiger partial charge in [-0.05, 0) is 119 Å². The van der Waals surface area contributed by atoms with E-state index in [1.54, 1.807) is 0 Å². The predicted octanol–water partition coefficient (Wildman–Crippen LogP) is 13.4. The van der Waals surface area contributed by atoms with Gasteiger partial charge in [0.15, 0.2) is 0 Å². The Labute approximate surface area is 347 Å². The minimum absolute atomic E-state index is 0.683. The topological polar surface area (TPSA) is 94.3 Å². The number of hydrogen-bond donors (Lipinski definition) is 2. The molecule has 0 saturated carbocycles. The van der Waals surface area contributed by atoms with E-state index in [9.17, 15) is 0 Å². The maximum absolute atomic E-state index is 5.59. The van der Waals surface area contributed by atoms with Crippen LogP contribution < -0.4 is 18.9 Å². The molecule has 8 bridgehead atoms. The third-order valence-corrected chi connectivity index (χ3v) is 10.2. The van der Waals surface area contributed by atoms with E-state index in [0.29, 0.717) is 23.0 Å². The van der Waals surface area contributed by atoms with Gasteiger partial charge in [0.2, 0.25) is 0 Å². The number of ether oxygens (including phenoxy) is 4. The van der Waals surface area contributed by atoms with Gasteiger partial charge in [0.25, 0.3) is 0 Å². The number of nitrogens with zero attached hydrogens (tertiary/aromatic N) is 2. The van der Waals surface area contributed by atoms with Gasteiger partial charge in [-0.1, -0.05) is 74.8 Å². The van der Waals surface area contributed by atoms with E-state index in [4.69, 9.17) is 28.9 Å². The van der Waals surface area contributed by atoms with Gasteiger partial charge in [-0.3, -0.25) is 0 Å². The average molecular weight is 783 g/mol. The number of aromatic nitrogens is 4. The molecule has 8 heteroatoms. The van der Waals surface area contributed by atoms with Crippen molar-refractivity contribution in [3.05, 3.63) is 195 Å². The van der Waals surface area contributed by atoms with Crippen molar-refractivity contribution in [1.82, 2.24) is 19.9 Å². The van der Waals surface area contributed by atoms with Crippen LogP contribution in [0.4, 0.5) is 0 Å². The van der Waals surface area contributed by atoms with Crippen LogP contribution in [0.25, 0.3) is 90.9 Å². The van der Waals surface area contributed by atoms with E-state index < -0.39 is 0 Å². The Balaban J connectivity index is 1.41. The van der Waals surface area contributed by atoms with Crippen LogP contribution in [-0.2, 0) is 0 Å². The lowest BCUT2D eigenvalue weighted by Gasteiger charge is -2.08. The molecule has 290 valence electrons. The summed E-state index contributed by atoms with van der Waals surface area (Å²) < 4.78 is 22.4. The fraction of sp³-hybridized carbons (Fsp3) is 0. The lowest BCUT2D eigenvalue weighted by molar-refractivity contribution is 0.483. The van der Waals surface area contributed by atoms with Gasteiger partial charge in [-0.2, -0.15) is 0 Å². The van der Waals surface area contributed by atoms with Crippen molar-refractivity contribution in [2.75, 3.05) is 0 Å². The number of rotatable bonds is 12. The second-order valence-corrected chi connectivity index (χ2v) is 13.7. The number of fused-ring (bicyclic) bond motifs is 8. The predicted molar refractivity (Wildman–Crippen MR) is 244 cm³/mol. The lowest BCUT2D eigenvalue weighted by atomic mass is 10.0. The molecule has 0 radical (unpaired) electrons. The third kappa shape index (κ3) is 7.21. The standard InChI is InChI=1S/C52H38N4O4/c1-5-57-37-17-9-33(10-18-37)49-41-25-27-43(53-41)50(34-11-19-38(20-12-34)58-6-2)45-29-31-47(55-45)52(36-15-23-40(24-16-36)60-8-4)48-32-30-46(56-48)51(44-28-26-42(49)54-44)35-13-21-39(22-14-35)59-7-3/h5-32,53,56H,1-4H2. The number of H-pyrrole nitrogens is 2. The number of benzene rings is 4. The largest absolute Gasteiger partial charge is 0.466 e. The van der Waals surface area contributed by atoms with Crippen LogP contribution in [0.5, 0.6) is 23.0 Å². The summed E-state index contributed by atoms with van der Waals surface area (Å²) in [5.74, 6) is 2.73. The first-order chi connectivity index (χ1) is 29.5. The number of aromatic amines is 2. The molecule has 60 heavy (non-hydrogen) atoms. The molecule has 2 N–H and O–H groups in total. The molecule has 0 aliphatic carbocycles. The lowest BCUT2D eigenvalue weighted by Crippen LogP contribution is -1.90. The van der Waals surface area contributed by atoms with E-state index in [1.807, 2.05) is 97.1 Å². The summed E-state index contributed by atoms with van der Waals surface area (Å²) in [5.41, 5.74) is 14.1. The molecular formula is C52H38N4O4. The Bertz CT molecular complexity index is 2620. The third-order valence-electron chi connectivity index (χ3n) is 10.2. The molecule has 0 spiro atoms. The Morgan fingerprint density at radius 1 is 0.317 bits per heavy atom. The monoisotopic (exact) mass is 782 g/mol. The molecule has 5 heterocycles. The molecule has 8 nitrogen and oxygen atoms in total. The second-order valence-electron chi connectivity index (χ2n) is 13.7. The highest BCUT2D eigenvalue weighted by Crippen LogP contribution is 2.39. The zero-order valence-corrected chi connectivity index (χ0v) is 32.5. The molecule has 3 aromatic heterocycles. The van der Waals surface area contributed by atoms with Crippen molar-refractivity contribution in [2.24, 2.45) is 0 Å². The second kappa shape index (κ2) is 16.2. The Morgan fingerprint density at radius 3 is 0.733 bits per heavy atom. The number of hydrogen-bond acceptors (Lipinski definition) is 6. The van der Waals surface area contributed by atoms with Crippen molar-refractivity contribution in [2.45, 2.75) is 0 Å². The molecule has 9 rings (SSSR count). The first-order valence-electron chi connectivity index (χ1n) is 19.2. The minimum Gasteiger partial charge on any atom is -0.466 e. The van der Waals surface area contributed by atoms with E-state index in [1.165, 1.54) is 25.0 Å². The van der Waals surface area contributed by atoms with Crippen molar-refractivity contribution in [3.8, 4) is 67.5 Å².